The SMILES string of the molecule is CCCC#Cc1nc(Cl)c2nc(-c3cccs3)n([C@@H]3OCC[C@@H]3CC(=O)O)c2n1. The van der Waals surface area contributed by atoms with E-state index in [1.807, 2.05) is 29.0 Å². The van der Waals surface area contributed by atoms with Crippen LogP contribution in [0.25, 0.3) is 21.9 Å². The van der Waals surface area contributed by atoms with Crippen molar-refractivity contribution in [2.24, 2.45) is 5.92 Å². The van der Waals surface area contributed by atoms with Crippen LogP contribution in [0.5, 0.6) is 0 Å². The lowest BCUT2D eigenvalue weighted by atomic mass is 10.0. The number of hydrogen-bond donors (Lipinski definition) is 1. The van der Waals surface area contributed by atoms with E-state index in [0.717, 1.165) is 17.7 Å². The van der Waals surface area contributed by atoms with Crippen molar-refractivity contribution < 1.29 is 14.6 Å². The van der Waals surface area contributed by atoms with Gasteiger partial charge >= 0.3 is 5.97 Å². The fourth-order valence-corrected chi connectivity index (χ4v) is 4.33. The minimum Gasteiger partial charge on any atom is -0.481 e. The molecule has 0 amide bonds. The van der Waals surface area contributed by atoms with Gasteiger partial charge in [0.15, 0.2) is 16.6 Å². The molecular formula is C20H19ClN4O3S. The molecule has 4 rings (SSSR count). The molecule has 0 saturated carbocycles. The van der Waals surface area contributed by atoms with Crippen LogP contribution in [-0.2, 0) is 9.53 Å². The first kappa shape index (κ1) is 19.8. The molecule has 2 atom stereocenters. The molecule has 0 radical (unpaired) electrons. The highest BCUT2D eigenvalue weighted by Crippen LogP contribution is 2.40. The summed E-state index contributed by atoms with van der Waals surface area (Å²) in [7, 11) is 0. The molecule has 150 valence electrons. The van der Waals surface area contributed by atoms with E-state index in [2.05, 4.69) is 21.8 Å². The van der Waals surface area contributed by atoms with Gasteiger partial charge in [-0.3, -0.25) is 9.36 Å². The molecule has 0 bridgehead atoms. The van der Waals surface area contributed by atoms with Crippen LogP contribution >= 0.6 is 22.9 Å². The van der Waals surface area contributed by atoms with Crippen molar-refractivity contribution in [1.82, 2.24) is 19.5 Å². The topological polar surface area (TPSA) is 90.1 Å². The zero-order valence-electron chi connectivity index (χ0n) is 15.8. The van der Waals surface area contributed by atoms with E-state index < -0.39 is 12.2 Å². The summed E-state index contributed by atoms with van der Waals surface area (Å²) in [5, 5.41) is 11.5. The molecule has 0 aromatic carbocycles. The molecule has 1 aliphatic rings. The van der Waals surface area contributed by atoms with Crippen molar-refractivity contribution >= 4 is 40.1 Å². The first-order valence-corrected chi connectivity index (χ1v) is 10.7. The number of imidazole rings is 1. The zero-order valence-corrected chi connectivity index (χ0v) is 17.3. The number of rotatable bonds is 5. The van der Waals surface area contributed by atoms with Gasteiger partial charge < -0.3 is 9.84 Å². The van der Waals surface area contributed by atoms with Gasteiger partial charge in [-0.15, -0.1) is 11.3 Å². The third kappa shape index (κ3) is 3.99. The molecule has 29 heavy (non-hydrogen) atoms. The number of thiophene rings is 1. The lowest BCUT2D eigenvalue weighted by molar-refractivity contribution is -0.139. The van der Waals surface area contributed by atoms with Gasteiger partial charge in [0, 0.05) is 18.9 Å². The summed E-state index contributed by atoms with van der Waals surface area (Å²) in [6.07, 6.45) is 1.86. The van der Waals surface area contributed by atoms with Crippen LogP contribution in [0.3, 0.4) is 0 Å². The molecule has 0 aliphatic carbocycles. The van der Waals surface area contributed by atoms with Crippen LogP contribution in [0.4, 0.5) is 0 Å². The minimum absolute atomic E-state index is 0.0101. The molecule has 7 nitrogen and oxygen atoms in total. The van der Waals surface area contributed by atoms with E-state index in [9.17, 15) is 9.90 Å². The molecule has 1 aliphatic heterocycles. The van der Waals surface area contributed by atoms with E-state index in [4.69, 9.17) is 21.3 Å². The van der Waals surface area contributed by atoms with Crippen LogP contribution < -0.4 is 0 Å². The second-order valence-corrected chi connectivity index (χ2v) is 8.06. The monoisotopic (exact) mass is 430 g/mol. The van der Waals surface area contributed by atoms with Crippen molar-refractivity contribution in [2.75, 3.05) is 6.61 Å². The number of halogens is 1. The lowest BCUT2D eigenvalue weighted by Crippen LogP contribution is -2.19. The molecule has 0 spiro atoms. The number of aliphatic carboxylic acids is 1. The number of ether oxygens (including phenoxy) is 1. The highest BCUT2D eigenvalue weighted by atomic mass is 35.5. The highest BCUT2D eigenvalue weighted by Gasteiger charge is 2.35. The van der Waals surface area contributed by atoms with Gasteiger partial charge in [-0.25, -0.2) is 15.0 Å². The fourth-order valence-electron chi connectivity index (χ4n) is 3.42. The predicted octanol–water partition coefficient (Wildman–Crippen LogP) is 4.37. The number of carbonyl (C=O) groups is 1. The van der Waals surface area contributed by atoms with E-state index >= 15 is 0 Å². The van der Waals surface area contributed by atoms with Crippen molar-refractivity contribution in [3.63, 3.8) is 0 Å². The maximum Gasteiger partial charge on any atom is 0.303 e. The number of unbranched alkanes of at least 4 members (excludes halogenated alkanes) is 1. The number of carboxylic acid groups (broad SMARTS) is 1. The van der Waals surface area contributed by atoms with E-state index in [1.165, 1.54) is 11.3 Å². The smallest absolute Gasteiger partial charge is 0.303 e. The van der Waals surface area contributed by atoms with Crippen molar-refractivity contribution in [1.29, 1.82) is 0 Å². The molecule has 1 fully saturated rings. The van der Waals surface area contributed by atoms with E-state index in [0.29, 0.717) is 35.8 Å². The van der Waals surface area contributed by atoms with Crippen LogP contribution in [0.15, 0.2) is 17.5 Å². The number of hydrogen-bond acceptors (Lipinski definition) is 6. The minimum atomic E-state index is -0.855. The summed E-state index contributed by atoms with van der Waals surface area (Å²) in [4.78, 5) is 25.9. The van der Waals surface area contributed by atoms with Crippen molar-refractivity contribution in [3.8, 4) is 22.5 Å². The maximum absolute atomic E-state index is 11.4. The van der Waals surface area contributed by atoms with Crippen LogP contribution in [-0.4, -0.2) is 37.2 Å². The number of aromatic nitrogens is 4. The largest absolute Gasteiger partial charge is 0.481 e. The standard InChI is InChI=1S/C20H19ClN4O3S/c1-2-3-4-7-14-22-17(21)16-19(23-14)25(18(24-16)13-6-5-10-29-13)20-12(8-9-28-20)11-15(26)27/h5-6,10,12,20H,2-3,8-9,11H2,1H3,(H,26,27)/t12-,20-/m1/s1. The Morgan fingerprint density at radius 1 is 1.45 bits per heavy atom. The first-order valence-electron chi connectivity index (χ1n) is 9.40. The Morgan fingerprint density at radius 2 is 2.31 bits per heavy atom. The lowest BCUT2D eigenvalue weighted by Gasteiger charge is -2.21. The van der Waals surface area contributed by atoms with Gasteiger partial charge in [0.05, 0.1) is 11.3 Å². The fraction of sp³-hybridized carbons (Fsp3) is 0.400. The average molecular weight is 431 g/mol. The maximum atomic E-state index is 11.4. The quantitative estimate of drug-likeness (QED) is 0.477. The van der Waals surface area contributed by atoms with Crippen molar-refractivity contribution in [2.45, 2.75) is 38.8 Å². The van der Waals surface area contributed by atoms with Crippen LogP contribution in [0.2, 0.25) is 5.15 Å². The molecule has 1 saturated heterocycles. The third-order valence-electron chi connectivity index (χ3n) is 4.69. The van der Waals surface area contributed by atoms with Gasteiger partial charge in [-0.2, -0.15) is 0 Å². The Morgan fingerprint density at radius 3 is 3.03 bits per heavy atom. The molecular weight excluding hydrogens is 412 g/mol. The summed E-state index contributed by atoms with van der Waals surface area (Å²) in [5.74, 6) is 5.91. The van der Waals surface area contributed by atoms with Crippen LogP contribution in [0, 0.1) is 17.8 Å². The Bertz CT molecular complexity index is 1100. The van der Waals surface area contributed by atoms with E-state index in [-0.39, 0.29) is 17.5 Å². The second-order valence-electron chi connectivity index (χ2n) is 6.75. The third-order valence-corrected chi connectivity index (χ3v) is 5.82. The zero-order chi connectivity index (χ0) is 20.4. The van der Waals surface area contributed by atoms with Gasteiger partial charge in [0.1, 0.15) is 11.7 Å². The van der Waals surface area contributed by atoms with Crippen molar-refractivity contribution in [3.05, 3.63) is 28.5 Å². The molecule has 9 heteroatoms. The molecule has 4 heterocycles. The molecule has 3 aromatic heterocycles. The summed E-state index contributed by atoms with van der Waals surface area (Å²) in [6, 6.07) is 3.88. The van der Waals surface area contributed by atoms with Gasteiger partial charge in [0.25, 0.3) is 0 Å². The second kappa shape index (κ2) is 8.49. The predicted molar refractivity (Wildman–Crippen MR) is 111 cm³/mol. The average Bonchev–Trinajstić information content (AvgIpc) is 3.40. The Balaban J connectivity index is 1.90. The normalized spacial score (nSPS) is 18.7. The van der Waals surface area contributed by atoms with Crippen LogP contribution in [0.1, 0.15) is 44.7 Å². The van der Waals surface area contributed by atoms with E-state index in [1.54, 1.807) is 0 Å². The number of fused-ring (bicyclic) bond motifs is 1. The summed E-state index contributed by atoms with van der Waals surface area (Å²) in [6.45, 7) is 2.53. The highest BCUT2D eigenvalue weighted by molar-refractivity contribution is 7.13. The first-order chi connectivity index (χ1) is 14.1. The number of carboxylic acids is 1. The Hall–Kier alpha value is -2.47. The summed E-state index contributed by atoms with van der Waals surface area (Å²) in [5.41, 5.74) is 0.970. The summed E-state index contributed by atoms with van der Waals surface area (Å²) >= 11 is 7.95. The van der Waals surface area contributed by atoms with Gasteiger partial charge in [0.2, 0.25) is 5.82 Å². The number of nitrogens with zero attached hydrogens (tertiary/aromatic N) is 4. The summed E-state index contributed by atoms with van der Waals surface area (Å²) < 4.78 is 7.82. The Kier molecular flexibility index (Phi) is 5.81. The van der Waals surface area contributed by atoms with Gasteiger partial charge in [-0.05, 0) is 30.2 Å². The molecule has 0 unspecified atom stereocenters. The molecule has 3 aromatic rings. The van der Waals surface area contributed by atoms with Gasteiger partial charge in [-0.1, -0.05) is 30.5 Å². The molecule has 1 N–H and O–H groups in total. The Labute approximate surface area is 176 Å².